The van der Waals surface area contributed by atoms with E-state index in [0.29, 0.717) is 30.3 Å². The fourth-order valence-electron chi connectivity index (χ4n) is 3.21. The minimum absolute atomic E-state index is 0.171. The molecule has 0 radical (unpaired) electrons. The van der Waals surface area contributed by atoms with Crippen molar-refractivity contribution in [1.82, 2.24) is 9.21 Å². The topological polar surface area (TPSA) is 69.7 Å². The fraction of sp³-hybridized carbons (Fsp3) is 0.350. The van der Waals surface area contributed by atoms with E-state index in [-0.39, 0.29) is 30.3 Å². The van der Waals surface area contributed by atoms with Gasteiger partial charge in [-0.15, -0.1) is 0 Å². The summed E-state index contributed by atoms with van der Waals surface area (Å²) < 4.78 is 64.7. The molecule has 0 spiro atoms. The van der Waals surface area contributed by atoms with E-state index in [1.807, 2.05) is 4.90 Å². The molecule has 168 valence electrons. The van der Waals surface area contributed by atoms with E-state index in [4.69, 9.17) is 11.6 Å². The first-order valence-electron chi connectivity index (χ1n) is 9.51. The van der Waals surface area contributed by atoms with E-state index >= 15 is 0 Å². The number of rotatable bonds is 6. The minimum atomic E-state index is -4.52. The van der Waals surface area contributed by atoms with Crippen molar-refractivity contribution in [2.45, 2.75) is 17.5 Å². The van der Waals surface area contributed by atoms with Gasteiger partial charge in [0.15, 0.2) is 0 Å². The predicted molar refractivity (Wildman–Crippen MR) is 111 cm³/mol. The molecular formula is C20H21ClF3N3O3S. The number of benzene rings is 2. The highest BCUT2D eigenvalue weighted by atomic mass is 35.5. The number of carbonyl (C=O) groups excluding carboxylic acids is 1. The van der Waals surface area contributed by atoms with Crippen molar-refractivity contribution < 1.29 is 26.4 Å². The number of halogens is 4. The summed E-state index contributed by atoms with van der Waals surface area (Å²) in [6.45, 7) is 1.69. The van der Waals surface area contributed by atoms with Gasteiger partial charge in [0.1, 0.15) is 0 Å². The van der Waals surface area contributed by atoms with Gasteiger partial charge in [0, 0.05) is 49.9 Å². The van der Waals surface area contributed by atoms with Crippen LogP contribution in [0.15, 0.2) is 53.4 Å². The fourth-order valence-corrected chi connectivity index (χ4v) is 4.82. The molecular weight excluding hydrogens is 455 g/mol. The van der Waals surface area contributed by atoms with Crippen LogP contribution in [0.3, 0.4) is 0 Å². The minimum Gasteiger partial charge on any atom is -0.326 e. The second-order valence-electron chi connectivity index (χ2n) is 7.08. The Hall–Kier alpha value is -2.14. The van der Waals surface area contributed by atoms with Crippen molar-refractivity contribution in [3.8, 4) is 0 Å². The molecule has 11 heteroatoms. The van der Waals surface area contributed by atoms with Crippen LogP contribution in [0.2, 0.25) is 5.02 Å². The molecule has 3 rings (SSSR count). The summed E-state index contributed by atoms with van der Waals surface area (Å²) >= 11 is 5.89. The molecule has 0 unspecified atom stereocenters. The zero-order valence-corrected chi connectivity index (χ0v) is 18.0. The SMILES string of the molecule is O=C(CCN1CCN(S(=O)(=O)c2ccc(C(F)(F)F)cc2)CC1)Nc1cccc(Cl)c1. The molecule has 1 fully saturated rings. The Kier molecular flexibility index (Phi) is 7.25. The van der Waals surface area contributed by atoms with Crippen LogP contribution in [0, 0.1) is 0 Å². The zero-order chi connectivity index (χ0) is 22.6. The van der Waals surface area contributed by atoms with Gasteiger partial charge in [-0.3, -0.25) is 4.79 Å². The molecule has 0 aromatic heterocycles. The number of piperazine rings is 1. The Labute approximate surface area is 183 Å². The Bertz CT molecular complexity index is 1020. The maximum absolute atomic E-state index is 12.7. The van der Waals surface area contributed by atoms with E-state index in [9.17, 15) is 26.4 Å². The number of carbonyl (C=O) groups is 1. The van der Waals surface area contributed by atoms with E-state index in [1.54, 1.807) is 24.3 Å². The molecule has 0 aliphatic carbocycles. The number of alkyl halides is 3. The Morgan fingerprint density at radius 3 is 2.26 bits per heavy atom. The summed E-state index contributed by atoms with van der Waals surface area (Å²) in [6.07, 6.45) is -4.29. The van der Waals surface area contributed by atoms with Crippen molar-refractivity contribution >= 4 is 33.2 Å². The summed E-state index contributed by atoms with van der Waals surface area (Å²) in [5.41, 5.74) is -0.294. The molecule has 2 aromatic carbocycles. The zero-order valence-electron chi connectivity index (χ0n) is 16.4. The van der Waals surface area contributed by atoms with Crippen LogP contribution >= 0.6 is 11.6 Å². The van der Waals surface area contributed by atoms with Gasteiger partial charge in [-0.05, 0) is 42.5 Å². The lowest BCUT2D eigenvalue weighted by molar-refractivity contribution is -0.137. The number of sulfonamides is 1. The number of nitrogens with one attached hydrogen (secondary N) is 1. The van der Waals surface area contributed by atoms with Crippen LogP contribution in [0.25, 0.3) is 0 Å². The second-order valence-corrected chi connectivity index (χ2v) is 9.45. The van der Waals surface area contributed by atoms with Crippen molar-refractivity contribution in [3.63, 3.8) is 0 Å². The van der Waals surface area contributed by atoms with E-state index in [2.05, 4.69) is 5.32 Å². The van der Waals surface area contributed by atoms with Gasteiger partial charge in [0.05, 0.1) is 10.5 Å². The highest BCUT2D eigenvalue weighted by Gasteiger charge is 2.32. The maximum Gasteiger partial charge on any atom is 0.416 e. The Morgan fingerprint density at radius 2 is 1.68 bits per heavy atom. The first-order valence-corrected chi connectivity index (χ1v) is 11.3. The van der Waals surface area contributed by atoms with Crippen LogP contribution in [-0.2, 0) is 21.0 Å². The number of nitrogens with zero attached hydrogens (tertiary/aromatic N) is 2. The third-order valence-electron chi connectivity index (χ3n) is 4.91. The molecule has 0 atom stereocenters. The van der Waals surface area contributed by atoms with Crippen LogP contribution in [0.1, 0.15) is 12.0 Å². The van der Waals surface area contributed by atoms with Gasteiger partial charge < -0.3 is 10.2 Å². The summed E-state index contributed by atoms with van der Waals surface area (Å²) in [4.78, 5) is 13.9. The Balaban J connectivity index is 1.50. The van der Waals surface area contributed by atoms with Crippen molar-refractivity contribution in [2.75, 3.05) is 38.0 Å². The van der Waals surface area contributed by atoms with E-state index in [1.165, 1.54) is 4.31 Å². The largest absolute Gasteiger partial charge is 0.416 e. The third kappa shape index (κ3) is 6.19. The summed E-state index contributed by atoms with van der Waals surface area (Å²) in [5.74, 6) is -0.179. The van der Waals surface area contributed by atoms with Crippen molar-refractivity contribution in [2.24, 2.45) is 0 Å². The first-order chi connectivity index (χ1) is 14.6. The van der Waals surface area contributed by atoms with Gasteiger partial charge in [-0.2, -0.15) is 17.5 Å². The lowest BCUT2D eigenvalue weighted by atomic mass is 10.2. The van der Waals surface area contributed by atoms with Gasteiger partial charge >= 0.3 is 6.18 Å². The molecule has 2 aromatic rings. The van der Waals surface area contributed by atoms with Crippen molar-refractivity contribution in [1.29, 1.82) is 0 Å². The number of hydrogen-bond donors (Lipinski definition) is 1. The summed E-state index contributed by atoms with van der Waals surface area (Å²) in [7, 11) is -3.88. The van der Waals surface area contributed by atoms with Gasteiger partial charge in [-0.1, -0.05) is 17.7 Å². The smallest absolute Gasteiger partial charge is 0.326 e. The van der Waals surface area contributed by atoms with Crippen LogP contribution < -0.4 is 5.32 Å². The summed E-state index contributed by atoms with van der Waals surface area (Å²) in [5, 5.41) is 3.27. The molecule has 1 aliphatic heterocycles. The summed E-state index contributed by atoms with van der Waals surface area (Å²) in [6, 6.07) is 10.3. The lowest BCUT2D eigenvalue weighted by Crippen LogP contribution is -2.49. The first kappa shape index (κ1) is 23.5. The molecule has 1 saturated heterocycles. The monoisotopic (exact) mass is 475 g/mol. The van der Waals surface area contributed by atoms with Gasteiger partial charge in [-0.25, -0.2) is 8.42 Å². The number of anilines is 1. The predicted octanol–water partition coefficient (Wildman–Crippen LogP) is 3.69. The van der Waals surface area contributed by atoms with Gasteiger partial charge in [0.25, 0.3) is 0 Å². The molecule has 6 nitrogen and oxygen atoms in total. The Morgan fingerprint density at radius 1 is 1.03 bits per heavy atom. The number of amides is 1. The quantitative estimate of drug-likeness (QED) is 0.691. The van der Waals surface area contributed by atoms with Crippen molar-refractivity contribution in [3.05, 3.63) is 59.1 Å². The second kappa shape index (κ2) is 9.56. The molecule has 1 amide bonds. The molecule has 1 heterocycles. The molecule has 31 heavy (non-hydrogen) atoms. The normalized spacial score (nSPS) is 16.3. The van der Waals surface area contributed by atoms with Gasteiger partial charge in [0.2, 0.25) is 15.9 Å². The molecule has 0 saturated carbocycles. The standard InChI is InChI=1S/C20H21ClF3N3O3S/c21-16-2-1-3-17(14-16)25-19(28)8-9-26-10-12-27(13-11-26)31(29,30)18-6-4-15(5-7-18)20(22,23)24/h1-7,14H,8-13H2,(H,25,28). The van der Waals surface area contributed by atoms with E-state index < -0.39 is 21.8 Å². The average Bonchev–Trinajstić information content (AvgIpc) is 2.72. The highest BCUT2D eigenvalue weighted by molar-refractivity contribution is 7.89. The maximum atomic E-state index is 12.7. The van der Waals surface area contributed by atoms with Crippen LogP contribution in [0.4, 0.5) is 18.9 Å². The van der Waals surface area contributed by atoms with Crippen LogP contribution in [-0.4, -0.2) is 56.3 Å². The highest BCUT2D eigenvalue weighted by Crippen LogP contribution is 2.30. The molecule has 1 aliphatic rings. The van der Waals surface area contributed by atoms with E-state index in [0.717, 1.165) is 24.3 Å². The molecule has 1 N–H and O–H groups in total. The molecule has 0 bridgehead atoms. The van der Waals surface area contributed by atoms with Crippen LogP contribution in [0.5, 0.6) is 0 Å². The third-order valence-corrected chi connectivity index (χ3v) is 7.06. The average molecular weight is 476 g/mol. The number of hydrogen-bond acceptors (Lipinski definition) is 4. The lowest BCUT2D eigenvalue weighted by Gasteiger charge is -2.33.